The summed E-state index contributed by atoms with van der Waals surface area (Å²) in [6, 6.07) is 4.76. The fourth-order valence-electron chi connectivity index (χ4n) is 3.55. The summed E-state index contributed by atoms with van der Waals surface area (Å²) >= 11 is 0. The van der Waals surface area contributed by atoms with Gasteiger partial charge in [-0.05, 0) is 31.9 Å². The van der Waals surface area contributed by atoms with E-state index in [4.69, 9.17) is 9.47 Å². The van der Waals surface area contributed by atoms with Gasteiger partial charge in [-0.1, -0.05) is 97.0 Å². The average Bonchev–Trinajstić information content (AvgIpc) is 2.77. The highest BCUT2D eigenvalue weighted by Crippen LogP contribution is 2.12. The Morgan fingerprint density at radius 2 is 1.29 bits per heavy atom. The number of pyridine rings is 1. The van der Waals surface area contributed by atoms with E-state index in [0.717, 1.165) is 25.7 Å². The van der Waals surface area contributed by atoms with Crippen LogP contribution in [0.1, 0.15) is 132 Å². The third-order valence-electron chi connectivity index (χ3n) is 5.40. The Bertz CT molecular complexity index is 617. The number of rotatable bonds is 18. The van der Waals surface area contributed by atoms with Gasteiger partial charge in [0.1, 0.15) is 11.4 Å². The van der Waals surface area contributed by atoms with Crippen LogP contribution in [0.3, 0.4) is 0 Å². The minimum Gasteiger partial charge on any atom is -0.461 e. The molecule has 1 rings (SSSR count). The predicted octanol–water partition coefficient (Wildman–Crippen LogP) is 7.28. The minimum atomic E-state index is -0.503. The molecule has 5 heteroatoms. The zero-order chi connectivity index (χ0) is 22.7. The summed E-state index contributed by atoms with van der Waals surface area (Å²) in [5, 5.41) is 0. The van der Waals surface area contributed by atoms with Crippen molar-refractivity contribution in [1.82, 2.24) is 4.98 Å². The molecule has 1 heterocycles. The lowest BCUT2D eigenvalue weighted by Gasteiger charge is -2.12. The van der Waals surface area contributed by atoms with Crippen molar-refractivity contribution >= 4 is 11.9 Å². The number of hydrogen-bond acceptors (Lipinski definition) is 5. The van der Waals surface area contributed by atoms with Crippen molar-refractivity contribution in [3.63, 3.8) is 0 Å². The molecule has 0 aliphatic carbocycles. The maximum atomic E-state index is 12.2. The molecule has 1 aromatic rings. The molecular weight excluding hydrogens is 390 g/mol. The first-order valence-electron chi connectivity index (χ1n) is 12.4. The number of aromatic nitrogens is 1. The van der Waals surface area contributed by atoms with E-state index >= 15 is 0 Å². The van der Waals surface area contributed by atoms with E-state index in [-0.39, 0.29) is 17.5 Å². The first-order valence-corrected chi connectivity index (χ1v) is 12.4. The molecule has 0 amide bonds. The molecule has 176 valence electrons. The van der Waals surface area contributed by atoms with Gasteiger partial charge in [0.2, 0.25) is 0 Å². The van der Waals surface area contributed by atoms with Crippen LogP contribution in [0.4, 0.5) is 0 Å². The van der Waals surface area contributed by atoms with Crippen LogP contribution in [-0.2, 0) is 9.47 Å². The normalized spacial score (nSPS) is 11.8. The van der Waals surface area contributed by atoms with E-state index < -0.39 is 11.9 Å². The number of carbonyl (C=O) groups is 2. The molecule has 31 heavy (non-hydrogen) atoms. The van der Waals surface area contributed by atoms with E-state index in [9.17, 15) is 9.59 Å². The number of ether oxygens (including phenoxy) is 2. The Balaban J connectivity index is 2.14. The van der Waals surface area contributed by atoms with Gasteiger partial charge < -0.3 is 9.47 Å². The van der Waals surface area contributed by atoms with E-state index in [1.54, 1.807) is 18.2 Å². The van der Waals surface area contributed by atoms with Crippen molar-refractivity contribution in [3.05, 3.63) is 29.6 Å². The fourth-order valence-corrected chi connectivity index (χ4v) is 3.55. The van der Waals surface area contributed by atoms with Crippen LogP contribution in [0.5, 0.6) is 0 Å². The second-order valence-electron chi connectivity index (χ2n) is 8.44. The molecule has 0 radical (unpaired) electrons. The number of carbonyl (C=O) groups excluding carboxylic acids is 2. The first kappa shape index (κ1) is 27.1. The maximum Gasteiger partial charge on any atom is 0.357 e. The van der Waals surface area contributed by atoms with Gasteiger partial charge >= 0.3 is 11.9 Å². The third kappa shape index (κ3) is 13.2. The summed E-state index contributed by atoms with van der Waals surface area (Å²) in [7, 11) is 0. The van der Waals surface area contributed by atoms with Crippen molar-refractivity contribution in [3.8, 4) is 0 Å². The second kappa shape index (κ2) is 17.7. The average molecular weight is 434 g/mol. The molecule has 0 saturated heterocycles. The quantitative estimate of drug-likeness (QED) is 0.180. The van der Waals surface area contributed by atoms with Gasteiger partial charge in [-0.15, -0.1) is 0 Å². The van der Waals surface area contributed by atoms with Gasteiger partial charge in [-0.25, -0.2) is 14.6 Å². The molecule has 0 saturated carbocycles. The highest BCUT2D eigenvalue weighted by molar-refractivity contribution is 5.91. The van der Waals surface area contributed by atoms with E-state index in [2.05, 4.69) is 11.9 Å². The monoisotopic (exact) mass is 433 g/mol. The van der Waals surface area contributed by atoms with E-state index in [1.165, 1.54) is 64.2 Å². The Labute approximate surface area is 189 Å². The highest BCUT2D eigenvalue weighted by Gasteiger charge is 2.16. The molecule has 1 aromatic heterocycles. The second-order valence-corrected chi connectivity index (χ2v) is 8.44. The van der Waals surface area contributed by atoms with Crippen molar-refractivity contribution in [1.29, 1.82) is 0 Å². The van der Waals surface area contributed by atoms with Crippen molar-refractivity contribution in [2.24, 2.45) is 0 Å². The van der Waals surface area contributed by atoms with Crippen LogP contribution in [0.2, 0.25) is 0 Å². The highest BCUT2D eigenvalue weighted by atomic mass is 16.5. The number of hydrogen-bond donors (Lipinski definition) is 0. The summed E-state index contributed by atoms with van der Waals surface area (Å²) in [6.45, 7) is 6.54. The largest absolute Gasteiger partial charge is 0.461 e. The fraction of sp³-hybridized carbons (Fsp3) is 0.731. The lowest BCUT2D eigenvalue weighted by Crippen LogP contribution is -2.17. The van der Waals surface area contributed by atoms with Gasteiger partial charge in [0.25, 0.3) is 0 Å². The SMILES string of the molecule is CCCCCCCCCCCCCCOC(=O)c1cccc(C(=O)OC(C)CCC)n1. The summed E-state index contributed by atoms with van der Waals surface area (Å²) in [4.78, 5) is 28.5. The minimum absolute atomic E-state index is 0.141. The van der Waals surface area contributed by atoms with Crippen LogP contribution in [-0.4, -0.2) is 29.6 Å². The standard InChI is InChI=1S/C26H43NO4/c1-4-6-7-8-9-10-11-12-13-14-15-16-21-30-25(28)23-19-17-20-24(27-23)26(29)31-22(3)18-5-2/h17,19-20,22H,4-16,18,21H2,1-3H3. The number of esters is 2. The van der Waals surface area contributed by atoms with Gasteiger partial charge in [-0.2, -0.15) is 0 Å². The molecule has 1 unspecified atom stereocenters. The lowest BCUT2D eigenvalue weighted by molar-refractivity contribution is 0.0316. The Morgan fingerprint density at radius 3 is 1.84 bits per heavy atom. The molecular formula is C26H43NO4. The van der Waals surface area contributed by atoms with Crippen molar-refractivity contribution in [2.75, 3.05) is 6.61 Å². The zero-order valence-corrected chi connectivity index (χ0v) is 20.0. The summed E-state index contributed by atoms with van der Waals surface area (Å²) in [5.41, 5.74) is 0.291. The topological polar surface area (TPSA) is 65.5 Å². The van der Waals surface area contributed by atoms with Gasteiger partial charge in [-0.3, -0.25) is 0 Å². The molecule has 0 aromatic carbocycles. The van der Waals surface area contributed by atoms with Crippen LogP contribution in [0, 0.1) is 0 Å². The van der Waals surface area contributed by atoms with Crippen LogP contribution in [0.25, 0.3) is 0 Å². The molecule has 1 atom stereocenters. The van der Waals surface area contributed by atoms with Crippen molar-refractivity contribution in [2.45, 2.75) is 117 Å². The van der Waals surface area contributed by atoms with Crippen LogP contribution < -0.4 is 0 Å². The molecule has 0 N–H and O–H groups in total. The molecule has 0 fully saturated rings. The number of nitrogens with zero attached hydrogens (tertiary/aromatic N) is 1. The molecule has 0 aliphatic rings. The summed E-state index contributed by atoms with van der Waals surface area (Å²) < 4.78 is 10.7. The molecule has 0 aliphatic heterocycles. The molecule has 5 nitrogen and oxygen atoms in total. The molecule has 0 spiro atoms. The van der Waals surface area contributed by atoms with Crippen LogP contribution in [0.15, 0.2) is 18.2 Å². The predicted molar refractivity (Wildman–Crippen MR) is 125 cm³/mol. The summed E-state index contributed by atoms with van der Waals surface area (Å²) in [6.07, 6.45) is 16.8. The Kier molecular flexibility index (Phi) is 15.5. The van der Waals surface area contributed by atoms with E-state index in [0.29, 0.717) is 6.61 Å². The zero-order valence-electron chi connectivity index (χ0n) is 20.0. The third-order valence-corrected chi connectivity index (χ3v) is 5.40. The Morgan fingerprint density at radius 1 is 0.774 bits per heavy atom. The number of unbranched alkanes of at least 4 members (excludes halogenated alkanes) is 11. The lowest BCUT2D eigenvalue weighted by atomic mass is 10.1. The van der Waals surface area contributed by atoms with Crippen molar-refractivity contribution < 1.29 is 19.1 Å². The van der Waals surface area contributed by atoms with Crippen LogP contribution >= 0.6 is 0 Å². The van der Waals surface area contributed by atoms with Gasteiger partial charge in [0.15, 0.2) is 0 Å². The molecule has 0 bridgehead atoms. The maximum absolute atomic E-state index is 12.2. The summed E-state index contributed by atoms with van der Waals surface area (Å²) in [5.74, 6) is -0.990. The van der Waals surface area contributed by atoms with E-state index in [1.807, 2.05) is 13.8 Å². The Hall–Kier alpha value is -1.91. The smallest absolute Gasteiger partial charge is 0.357 e. The first-order chi connectivity index (χ1) is 15.1. The van der Waals surface area contributed by atoms with Gasteiger partial charge in [0, 0.05) is 0 Å². The van der Waals surface area contributed by atoms with Gasteiger partial charge in [0.05, 0.1) is 12.7 Å².